The first kappa shape index (κ1) is 15.5. The highest BCUT2D eigenvalue weighted by Gasteiger charge is 2.20. The largest absolute Gasteiger partial charge is 0.344 e. The van der Waals surface area contributed by atoms with Gasteiger partial charge in [-0.25, -0.2) is 0 Å². The van der Waals surface area contributed by atoms with Crippen molar-refractivity contribution in [3.05, 3.63) is 12.7 Å². The molecule has 0 heterocycles. The number of amides is 1. The Bertz CT molecular complexity index is 299. The Hall–Kier alpha value is -0.920. The van der Waals surface area contributed by atoms with Crippen LogP contribution in [-0.2, 0) is 14.9 Å². The minimum atomic E-state index is -4.07. The summed E-state index contributed by atoms with van der Waals surface area (Å²) in [5, 5.41) is -0.985. The summed E-state index contributed by atoms with van der Waals surface area (Å²) in [7, 11) is -2.63. The number of rotatable bonds is 4. The predicted molar refractivity (Wildman–Crippen MR) is 53.9 cm³/mol. The van der Waals surface area contributed by atoms with Gasteiger partial charge in [-0.15, -0.1) is 0 Å². The zero-order chi connectivity index (χ0) is 10.6. The zero-order valence-corrected chi connectivity index (χ0v) is 9.12. The Morgan fingerprint density at radius 1 is 1.64 bits per heavy atom. The standard InChI is InChI=1S/C7H13NO4S.H3N/c1-4-7(9)8(3)5-6(2)13(10,11)12;/h4,6H,1,5H2,2-3H3,(H,10,11,12);1H3. The van der Waals surface area contributed by atoms with E-state index in [2.05, 4.69) is 6.58 Å². The average Bonchev–Trinajstić information content (AvgIpc) is 2.01. The molecule has 0 fully saturated rings. The summed E-state index contributed by atoms with van der Waals surface area (Å²) in [6.45, 7) is 4.52. The first-order valence-electron chi connectivity index (χ1n) is 3.63. The minimum absolute atomic E-state index is 0. The topological polar surface area (TPSA) is 110 Å². The molecule has 0 aliphatic rings. The number of hydrogen-bond donors (Lipinski definition) is 2. The molecule has 6 nitrogen and oxygen atoms in total. The second-order valence-corrected chi connectivity index (χ2v) is 4.58. The number of carbonyl (C=O) groups excluding carboxylic acids is 1. The Labute approximate surface area is 83.9 Å². The molecule has 0 aliphatic heterocycles. The molecule has 0 radical (unpaired) electrons. The smallest absolute Gasteiger partial charge is 0.269 e. The SMILES string of the molecule is C=CC(=O)N(C)CC(C)S(=O)(=O)O.N. The Morgan fingerprint density at radius 3 is 2.36 bits per heavy atom. The van der Waals surface area contributed by atoms with Gasteiger partial charge in [0, 0.05) is 13.6 Å². The van der Waals surface area contributed by atoms with Gasteiger partial charge in [0.1, 0.15) is 5.25 Å². The highest BCUT2D eigenvalue weighted by Crippen LogP contribution is 2.00. The van der Waals surface area contributed by atoms with Crippen LogP contribution in [0, 0.1) is 0 Å². The van der Waals surface area contributed by atoms with Crippen molar-refractivity contribution in [2.45, 2.75) is 12.2 Å². The van der Waals surface area contributed by atoms with Gasteiger partial charge in [-0.2, -0.15) is 8.42 Å². The number of likely N-dealkylation sites (N-methyl/N-ethyl adjacent to an activating group) is 1. The van der Waals surface area contributed by atoms with Gasteiger partial charge < -0.3 is 11.1 Å². The van der Waals surface area contributed by atoms with E-state index >= 15 is 0 Å². The molecule has 1 atom stereocenters. The number of nitrogens with zero attached hydrogens (tertiary/aromatic N) is 1. The van der Waals surface area contributed by atoms with Crippen molar-refractivity contribution in [1.82, 2.24) is 11.1 Å². The third-order valence-electron chi connectivity index (χ3n) is 1.59. The van der Waals surface area contributed by atoms with Crippen molar-refractivity contribution in [2.75, 3.05) is 13.6 Å². The van der Waals surface area contributed by atoms with E-state index in [1.165, 1.54) is 18.9 Å². The quantitative estimate of drug-likeness (QED) is 0.518. The Balaban J connectivity index is 0. The first-order chi connectivity index (χ1) is 5.79. The molecule has 0 saturated heterocycles. The van der Waals surface area contributed by atoms with E-state index in [9.17, 15) is 13.2 Å². The zero-order valence-electron chi connectivity index (χ0n) is 8.30. The average molecular weight is 224 g/mol. The number of hydrogen-bond acceptors (Lipinski definition) is 4. The van der Waals surface area contributed by atoms with E-state index in [0.717, 1.165) is 6.08 Å². The van der Waals surface area contributed by atoms with Crippen LogP contribution >= 0.6 is 0 Å². The second kappa shape index (κ2) is 5.74. The normalized spacial score (nSPS) is 12.5. The lowest BCUT2D eigenvalue weighted by atomic mass is 10.4. The van der Waals surface area contributed by atoms with E-state index in [4.69, 9.17) is 4.55 Å². The van der Waals surface area contributed by atoms with Crippen LogP contribution in [-0.4, -0.2) is 42.6 Å². The molecule has 84 valence electrons. The molecule has 14 heavy (non-hydrogen) atoms. The molecule has 0 rings (SSSR count). The first-order valence-corrected chi connectivity index (χ1v) is 5.13. The summed E-state index contributed by atoms with van der Waals surface area (Å²) in [5.74, 6) is -0.379. The predicted octanol–water partition coefficient (Wildman–Crippen LogP) is 0.0691. The van der Waals surface area contributed by atoms with Gasteiger partial charge in [0.2, 0.25) is 5.91 Å². The monoisotopic (exact) mass is 224 g/mol. The molecule has 4 N–H and O–H groups in total. The fourth-order valence-corrected chi connectivity index (χ4v) is 1.14. The molecular formula is C7H16N2O4S. The van der Waals surface area contributed by atoms with E-state index in [0.29, 0.717) is 0 Å². The van der Waals surface area contributed by atoms with Crippen LogP contribution < -0.4 is 6.15 Å². The highest BCUT2D eigenvalue weighted by molar-refractivity contribution is 7.86. The van der Waals surface area contributed by atoms with Gasteiger partial charge in [0.15, 0.2) is 0 Å². The molecule has 0 spiro atoms. The maximum Gasteiger partial charge on any atom is 0.269 e. The molecular weight excluding hydrogens is 208 g/mol. The van der Waals surface area contributed by atoms with Crippen LogP contribution in [0.2, 0.25) is 0 Å². The van der Waals surface area contributed by atoms with Gasteiger partial charge in [-0.05, 0) is 13.0 Å². The van der Waals surface area contributed by atoms with Gasteiger partial charge >= 0.3 is 0 Å². The maximum absolute atomic E-state index is 10.9. The fourth-order valence-electron chi connectivity index (χ4n) is 0.726. The van der Waals surface area contributed by atoms with E-state index in [-0.39, 0.29) is 18.6 Å². The third kappa shape index (κ3) is 4.95. The molecule has 0 aromatic heterocycles. The Kier molecular flexibility index (Phi) is 6.37. The maximum atomic E-state index is 10.9. The highest BCUT2D eigenvalue weighted by atomic mass is 32.2. The fraction of sp³-hybridized carbons (Fsp3) is 0.571. The molecule has 0 bridgehead atoms. The Morgan fingerprint density at radius 2 is 2.07 bits per heavy atom. The van der Waals surface area contributed by atoms with Crippen molar-refractivity contribution >= 4 is 16.0 Å². The van der Waals surface area contributed by atoms with Gasteiger partial charge in [0.25, 0.3) is 10.1 Å². The molecule has 0 aliphatic carbocycles. The molecule has 7 heteroatoms. The van der Waals surface area contributed by atoms with E-state index < -0.39 is 15.4 Å². The molecule has 0 saturated carbocycles. The van der Waals surface area contributed by atoms with Crippen molar-refractivity contribution in [3.63, 3.8) is 0 Å². The van der Waals surface area contributed by atoms with Crippen LogP contribution in [0.5, 0.6) is 0 Å². The summed E-state index contributed by atoms with van der Waals surface area (Å²) >= 11 is 0. The van der Waals surface area contributed by atoms with Crippen LogP contribution in [0.25, 0.3) is 0 Å². The van der Waals surface area contributed by atoms with E-state index in [1.807, 2.05) is 0 Å². The summed E-state index contributed by atoms with van der Waals surface area (Å²) in [5.41, 5.74) is 0. The minimum Gasteiger partial charge on any atom is -0.344 e. The lowest BCUT2D eigenvalue weighted by Crippen LogP contribution is -2.35. The van der Waals surface area contributed by atoms with Crippen LogP contribution in [0.1, 0.15) is 6.92 Å². The van der Waals surface area contributed by atoms with Crippen molar-refractivity contribution in [3.8, 4) is 0 Å². The molecule has 0 aromatic rings. The summed E-state index contributed by atoms with van der Waals surface area (Å²) < 4.78 is 29.7. The van der Waals surface area contributed by atoms with Gasteiger partial charge in [-0.1, -0.05) is 6.58 Å². The van der Waals surface area contributed by atoms with Gasteiger partial charge in [-0.3, -0.25) is 9.35 Å². The van der Waals surface area contributed by atoms with Crippen LogP contribution in [0.15, 0.2) is 12.7 Å². The van der Waals surface area contributed by atoms with Crippen molar-refractivity contribution < 1.29 is 17.8 Å². The number of carbonyl (C=O) groups is 1. The van der Waals surface area contributed by atoms with Gasteiger partial charge in [0.05, 0.1) is 0 Å². The second-order valence-electron chi connectivity index (χ2n) is 2.75. The van der Waals surface area contributed by atoms with Crippen molar-refractivity contribution in [2.24, 2.45) is 0 Å². The molecule has 1 unspecified atom stereocenters. The molecule has 0 aromatic carbocycles. The lowest BCUT2D eigenvalue weighted by molar-refractivity contribution is -0.124. The summed E-state index contributed by atoms with van der Waals surface area (Å²) in [6, 6.07) is 0. The third-order valence-corrected chi connectivity index (χ3v) is 2.76. The lowest BCUT2D eigenvalue weighted by Gasteiger charge is -2.17. The summed E-state index contributed by atoms with van der Waals surface area (Å²) in [4.78, 5) is 12.1. The van der Waals surface area contributed by atoms with E-state index in [1.54, 1.807) is 0 Å². The van der Waals surface area contributed by atoms with Crippen molar-refractivity contribution in [1.29, 1.82) is 0 Å². The van der Waals surface area contributed by atoms with Crippen LogP contribution in [0.3, 0.4) is 0 Å². The molecule has 1 amide bonds. The van der Waals surface area contributed by atoms with Crippen LogP contribution in [0.4, 0.5) is 0 Å². The summed E-state index contributed by atoms with van der Waals surface area (Å²) in [6.07, 6.45) is 1.08.